The van der Waals surface area contributed by atoms with E-state index in [0.29, 0.717) is 13.2 Å². The molecular formula is C14H19NO3. The van der Waals surface area contributed by atoms with Crippen LogP contribution in [0.3, 0.4) is 0 Å². The summed E-state index contributed by atoms with van der Waals surface area (Å²) in [5, 5.41) is 0. The van der Waals surface area contributed by atoms with Gasteiger partial charge >= 0.3 is 0 Å². The lowest BCUT2D eigenvalue weighted by Gasteiger charge is -2.19. The highest BCUT2D eigenvalue weighted by Crippen LogP contribution is 2.12. The lowest BCUT2D eigenvalue weighted by molar-refractivity contribution is -0.135. The summed E-state index contributed by atoms with van der Waals surface area (Å²) in [4.78, 5) is 13.8. The number of methoxy groups -OCH3 is 1. The number of benzene rings is 1. The molecule has 0 radical (unpaired) electrons. The van der Waals surface area contributed by atoms with E-state index in [0.717, 1.165) is 18.5 Å². The molecule has 2 rings (SSSR count). The van der Waals surface area contributed by atoms with Crippen molar-refractivity contribution in [2.24, 2.45) is 0 Å². The van der Waals surface area contributed by atoms with E-state index < -0.39 is 0 Å². The van der Waals surface area contributed by atoms with E-state index in [2.05, 4.69) is 0 Å². The molecule has 0 saturated carbocycles. The summed E-state index contributed by atoms with van der Waals surface area (Å²) in [6.45, 7) is 2.08. The third-order valence-corrected chi connectivity index (χ3v) is 3.09. The molecule has 98 valence electrons. The Bertz CT molecular complexity index is 380. The van der Waals surface area contributed by atoms with Gasteiger partial charge in [0.25, 0.3) is 0 Å². The van der Waals surface area contributed by atoms with E-state index in [9.17, 15) is 4.79 Å². The van der Waals surface area contributed by atoms with Crippen molar-refractivity contribution in [3.63, 3.8) is 0 Å². The molecule has 1 aromatic carbocycles. The molecule has 1 unspecified atom stereocenters. The van der Waals surface area contributed by atoms with Gasteiger partial charge in [-0.25, -0.2) is 0 Å². The first-order chi connectivity index (χ1) is 8.79. The van der Waals surface area contributed by atoms with Crippen molar-refractivity contribution in [2.45, 2.75) is 19.1 Å². The molecule has 1 fully saturated rings. The number of carbonyl (C=O) groups excluding carboxylic acids is 1. The van der Waals surface area contributed by atoms with Crippen LogP contribution in [0.5, 0.6) is 0 Å². The molecule has 1 aromatic rings. The normalized spacial score (nSPS) is 20.8. The zero-order valence-electron chi connectivity index (χ0n) is 10.7. The molecule has 4 nitrogen and oxygen atoms in total. The Morgan fingerprint density at radius 3 is 2.89 bits per heavy atom. The van der Waals surface area contributed by atoms with Gasteiger partial charge in [-0.2, -0.15) is 0 Å². The minimum absolute atomic E-state index is 0.0275. The highest BCUT2D eigenvalue weighted by molar-refractivity contribution is 5.77. The highest BCUT2D eigenvalue weighted by atomic mass is 16.5. The number of hydrogen-bond acceptors (Lipinski definition) is 3. The lowest BCUT2D eigenvalue weighted by Crippen LogP contribution is -2.32. The molecule has 1 amide bonds. The molecule has 4 heteroatoms. The Morgan fingerprint density at radius 2 is 2.17 bits per heavy atom. The number of nitrogens with zero attached hydrogens (tertiary/aromatic N) is 1. The Morgan fingerprint density at radius 1 is 1.39 bits per heavy atom. The number of carbonyl (C=O) groups is 1. The summed E-state index contributed by atoms with van der Waals surface area (Å²) in [6.07, 6.45) is 0.853. The summed E-state index contributed by atoms with van der Waals surface area (Å²) in [7, 11) is 1.65. The van der Waals surface area contributed by atoms with Crippen LogP contribution in [0, 0.1) is 0 Å². The second kappa shape index (κ2) is 6.52. The lowest BCUT2D eigenvalue weighted by atomic mass is 10.2. The van der Waals surface area contributed by atoms with Gasteiger partial charge < -0.3 is 14.4 Å². The summed E-state index contributed by atoms with van der Waals surface area (Å²) in [5.74, 6) is 0.0532. The largest absolute Gasteiger partial charge is 0.382 e. The van der Waals surface area contributed by atoms with Gasteiger partial charge in [0, 0.05) is 20.2 Å². The van der Waals surface area contributed by atoms with Crippen molar-refractivity contribution < 1.29 is 14.3 Å². The minimum Gasteiger partial charge on any atom is -0.382 e. The molecule has 1 saturated heterocycles. The second-order valence-corrected chi connectivity index (χ2v) is 4.48. The van der Waals surface area contributed by atoms with Crippen LogP contribution in [0.2, 0.25) is 0 Å². The summed E-state index contributed by atoms with van der Waals surface area (Å²) < 4.78 is 10.6. The van der Waals surface area contributed by atoms with Gasteiger partial charge in [-0.3, -0.25) is 4.79 Å². The molecular weight excluding hydrogens is 230 g/mol. The summed E-state index contributed by atoms with van der Waals surface area (Å²) >= 11 is 0. The van der Waals surface area contributed by atoms with E-state index >= 15 is 0 Å². The maximum atomic E-state index is 11.9. The van der Waals surface area contributed by atoms with Crippen LogP contribution in [0.4, 0.5) is 0 Å². The molecule has 0 N–H and O–H groups in total. The van der Waals surface area contributed by atoms with Crippen molar-refractivity contribution in [1.82, 2.24) is 4.90 Å². The van der Waals surface area contributed by atoms with Gasteiger partial charge in [0.05, 0.1) is 12.7 Å². The first-order valence-electron chi connectivity index (χ1n) is 6.22. The average Bonchev–Trinajstić information content (AvgIpc) is 2.56. The van der Waals surface area contributed by atoms with Gasteiger partial charge in [-0.05, 0) is 12.0 Å². The molecule has 0 spiro atoms. The van der Waals surface area contributed by atoms with Crippen LogP contribution in [-0.4, -0.2) is 43.8 Å². The van der Waals surface area contributed by atoms with E-state index in [1.165, 1.54) is 0 Å². The zero-order valence-corrected chi connectivity index (χ0v) is 10.7. The quantitative estimate of drug-likeness (QED) is 0.810. The topological polar surface area (TPSA) is 38.8 Å². The predicted octanol–water partition coefficient (Wildman–Crippen LogP) is 1.45. The smallest absolute Gasteiger partial charge is 0.248 e. The molecule has 0 bridgehead atoms. The molecule has 0 aliphatic carbocycles. The van der Waals surface area contributed by atoms with Gasteiger partial charge in [0.2, 0.25) is 5.91 Å². The third-order valence-electron chi connectivity index (χ3n) is 3.09. The third kappa shape index (κ3) is 3.55. The van der Waals surface area contributed by atoms with E-state index in [-0.39, 0.29) is 18.6 Å². The SMILES string of the molecule is COCC1CCN(Cc2ccccc2)C(=O)CO1. The number of hydrogen-bond donors (Lipinski definition) is 0. The van der Waals surface area contributed by atoms with Gasteiger partial charge in [0.15, 0.2) is 0 Å². The fourth-order valence-electron chi connectivity index (χ4n) is 2.08. The fraction of sp³-hybridized carbons (Fsp3) is 0.500. The number of rotatable bonds is 4. The van der Waals surface area contributed by atoms with Gasteiger partial charge in [-0.15, -0.1) is 0 Å². The van der Waals surface area contributed by atoms with Crippen molar-refractivity contribution in [1.29, 1.82) is 0 Å². The second-order valence-electron chi connectivity index (χ2n) is 4.48. The summed E-state index contributed by atoms with van der Waals surface area (Å²) in [5.41, 5.74) is 1.15. The Kier molecular flexibility index (Phi) is 4.73. The van der Waals surface area contributed by atoms with Crippen molar-refractivity contribution in [3.05, 3.63) is 35.9 Å². The maximum absolute atomic E-state index is 11.9. The first kappa shape index (κ1) is 13.1. The molecule has 1 atom stereocenters. The Hall–Kier alpha value is -1.39. The number of ether oxygens (including phenoxy) is 2. The first-order valence-corrected chi connectivity index (χ1v) is 6.22. The van der Waals surface area contributed by atoms with Crippen LogP contribution < -0.4 is 0 Å². The molecule has 1 heterocycles. The maximum Gasteiger partial charge on any atom is 0.248 e. The van der Waals surface area contributed by atoms with Crippen LogP contribution in [0.1, 0.15) is 12.0 Å². The van der Waals surface area contributed by atoms with Crippen LogP contribution >= 0.6 is 0 Å². The minimum atomic E-state index is 0.0275. The molecule has 0 aromatic heterocycles. The number of amides is 1. The van der Waals surface area contributed by atoms with Crippen molar-refractivity contribution >= 4 is 5.91 Å². The average molecular weight is 249 g/mol. The highest BCUT2D eigenvalue weighted by Gasteiger charge is 2.22. The van der Waals surface area contributed by atoms with Gasteiger partial charge in [-0.1, -0.05) is 30.3 Å². The fourth-order valence-corrected chi connectivity index (χ4v) is 2.08. The van der Waals surface area contributed by atoms with Crippen molar-refractivity contribution in [3.8, 4) is 0 Å². The van der Waals surface area contributed by atoms with Crippen LogP contribution in [0.15, 0.2) is 30.3 Å². The van der Waals surface area contributed by atoms with E-state index in [1.807, 2.05) is 35.2 Å². The Labute approximate surface area is 107 Å². The predicted molar refractivity (Wildman–Crippen MR) is 68.1 cm³/mol. The van der Waals surface area contributed by atoms with Crippen molar-refractivity contribution in [2.75, 3.05) is 26.9 Å². The standard InChI is InChI=1S/C14H19NO3/c1-17-10-13-7-8-15(14(16)11-18-13)9-12-5-3-2-4-6-12/h2-6,13H,7-11H2,1H3. The van der Waals surface area contributed by atoms with Crippen LogP contribution in [0.25, 0.3) is 0 Å². The van der Waals surface area contributed by atoms with E-state index in [1.54, 1.807) is 7.11 Å². The van der Waals surface area contributed by atoms with E-state index in [4.69, 9.17) is 9.47 Å². The summed E-state index contributed by atoms with van der Waals surface area (Å²) in [6, 6.07) is 10.0. The van der Waals surface area contributed by atoms with Gasteiger partial charge in [0.1, 0.15) is 6.61 Å². The molecule has 18 heavy (non-hydrogen) atoms. The monoisotopic (exact) mass is 249 g/mol. The molecule has 1 aliphatic rings. The molecule has 1 aliphatic heterocycles. The van der Waals surface area contributed by atoms with Crippen LogP contribution in [-0.2, 0) is 20.8 Å². The Balaban J connectivity index is 1.94. The zero-order chi connectivity index (χ0) is 12.8.